The van der Waals surface area contributed by atoms with E-state index in [-0.39, 0.29) is 17.7 Å². The van der Waals surface area contributed by atoms with Crippen LogP contribution in [0.15, 0.2) is 54.7 Å². The van der Waals surface area contributed by atoms with Gasteiger partial charge in [-0.05, 0) is 42.8 Å². The maximum absolute atomic E-state index is 13.1. The second-order valence-corrected chi connectivity index (χ2v) is 9.05. The predicted octanol–water partition coefficient (Wildman–Crippen LogP) is 5.62. The van der Waals surface area contributed by atoms with E-state index < -0.39 is 17.6 Å². The van der Waals surface area contributed by atoms with Gasteiger partial charge in [0.05, 0.1) is 42.8 Å². The van der Waals surface area contributed by atoms with Gasteiger partial charge in [0.15, 0.2) is 0 Å². The Bertz CT molecular complexity index is 1290. The fraction of sp³-hybridized carbons (Fsp3) is 0.333. The van der Waals surface area contributed by atoms with E-state index in [9.17, 15) is 18.0 Å². The number of hydrogen-bond acceptors (Lipinski definition) is 5. The molecule has 0 radical (unpaired) electrons. The second kappa shape index (κ2) is 9.55. The van der Waals surface area contributed by atoms with Crippen LogP contribution in [0.5, 0.6) is 0 Å². The van der Waals surface area contributed by atoms with Crippen LogP contribution in [0.25, 0.3) is 11.1 Å². The number of halogens is 3. The summed E-state index contributed by atoms with van der Waals surface area (Å²) in [7, 11) is 1.71. The van der Waals surface area contributed by atoms with Crippen LogP contribution in [0, 0.1) is 6.92 Å². The molecule has 3 heterocycles. The predicted molar refractivity (Wildman–Crippen MR) is 130 cm³/mol. The van der Waals surface area contributed by atoms with Crippen molar-refractivity contribution in [2.24, 2.45) is 0 Å². The standard InChI is InChI=1S/C27H26F3N3O3/c1-16-23(12-20(14-31-16)32-26(34)18-4-3-5-19(10-18)27(28,29)30)17-6-7-22-24(11-17)33-8-9-36-15-21(33)13-25(22)35-2/h3-7,10-12,14,21,25H,8-9,13,15H2,1-2H3,(H,32,34). The van der Waals surface area contributed by atoms with Crippen LogP contribution in [-0.4, -0.2) is 43.8 Å². The summed E-state index contributed by atoms with van der Waals surface area (Å²) in [5.41, 5.74) is 4.18. The first kappa shape index (κ1) is 24.3. The number of methoxy groups -OCH3 is 1. The summed E-state index contributed by atoms with van der Waals surface area (Å²) in [6, 6.07) is 12.6. The molecular formula is C27H26F3N3O3. The van der Waals surface area contributed by atoms with Crippen molar-refractivity contribution in [2.75, 3.05) is 37.1 Å². The molecule has 1 saturated heterocycles. The van der Waals surface area contributed by atoms with Gasteiger partial charge in [-0.1, -0.05) is 18.2 Å². The highest BCUT2D eigenvalue weighted by atomic mass is 19.4. The lowest BCUT2D eigenvalue weighted by Gasteiger charge is -2.44. The SMILES string of the molecule is COC1CC2COCCN2c2cc(-c3cc(NC(=O)c4cccc(C(F)(F)F)c4)cnc3C)ccc21. The third-order valence-corrected chi connectivity index (χ3v) is 6.79. The van der Waals surface area contributed by atoms with Crippen LogP contribution in [0.4, 0.5) is 24.5 Å². The van der Waals surface area contributed by atoms with Gasteiger partial charge in [-0.3, -0.25) is 9.78 Å². The Balaban J connectivity index is 1.45. The number of pyridine rings is 1. The molecule has 2 unspecified atom stereocenters. The average Bonchev–Trinajstić information content (AvgIpc) is 2.88. The number of nitrogens with zero attached hydrogens (tertiary/aromatic N) is 2. The largest absolute Gasteiger partial charge is 0.416 e. The van der Waals surface area contributed by atoms with Crippen molar-refractivity contribution in [3.63, 3.8) is 0 Å². The number of alkyl halides is 3. The van der Waals surface area contributed by atoms with Gasteiger partial charge < -0.3 is 19.7 Å². The minimum atomic E-state index is -4.53. The molecule has 5 rings (SSSR count). The molecule has 0 saturated carbocycles. The van der Waals surface area contributed by atoms with Crippen molar-refractivity contribution in [1.29, 1.82) is 0 Å². The monoisotopic (exact) mass is 497 g/mol. The number of amides is 1. The topological polar surface area (TPSA) is 63.7 Å². The van der Waals surface area contributed by atoms with Crippen LogP contribution in [0.3, 0.4) is 0 Å². The first-order valence-electron chi connectivity index (χ1n) is 11.7. The maximum atomic E-state index is 13.1. The number of aromatic nitrogens is 1. The van der Waals surface area contributed by atoms with Gasteiger partial charge in [0.25, 0.3) is 5.91 Å². The smallest absolute Gasteiger partial charge is 0.377 e. The van der Waals surface area contributed by atoms with E-state index in [1.807, 2.05) is 13.0 Å². The zero-order valence-corrected chi connectivity index (χ0v) is 19.9. The van der Waals surface area contributed by atoms with Crippen molar-refractivity contribution in [3.8, 4) is 11.1 Å². The second-order valence-electron chi connectivity index (χ2n) is 9.05. The molecule has 1 amide bonds. The molecule has 0 aliphatic carbocycles. The van der Waals surface area contributed by atoms with Crippen LogP contribution in [-0.2, 0) is 15.7 Å². The lowest BCUT2D eigenvalue weighted by atomic mass is 9.90. The van der Waals surface area contributed by atoms with Gasteiger partial charge >= 0.3 is 6.18 Å². The van der Waals surface area contributed by atoms with Gasteiger partial charge in [-0.2, -0.15) is 13.2 Å². The van der Waals surface area contributed by atoms with Crippen LogP contribution >= 0.6 is 0 Å². The molecule has 3 aromatic rings. The first-order valence-corrected chi connectivity index (χ1v) is 11.7. The Morgan fingerprint density at radius 3 is 2.81 bits per heavy atom. The fourth-order valence-corrected chi connectivity index (χ4v) is 4.93. The molecule has 0 bridgehead atoms. The number of carbonyl (C=O) groups excluding carboxylic acids is 1. The van der Waals surface area contributed by atoms with Gasteiger partial charge in [0, 0.05) is 48.1 Å². The van der Waals surface area contributed by atoms with Crippen LogP contribution < -0.4 is 10.2 Å². The van der Waals surface area contributed by atoms with Gasteiger partial charge in [-0.25, -0.2) is 0 Å². The van der Waals surface area contributed by atoms with Gasteiger partial charge in [0.1, 0.15) is 0 Å². The lowest BCUT2D eigenvalue weighted by molar-refractivity contribution is -0.137. The number of rotatable bonds is 4. The summed E-state index contributed by atoms with van der Waals surface area (Å²) in [4.78, 5) is 19.5. The molecule has 1 N–H and O–H groups in total. The lowest BCUT2D eigenvalue weighted by Crippen LogP contribution is -2.49. The summed E-state index contributed by atoms with van der Waals surface area (Å²) < 4.78 is 50.6. The zero-order chi connectivity index (χ0) is 25.4. The van der Waals surface area contributed by atoms with E-state index in [1.165, 1.54) is 18.3 Å². The molecule has 6 nitrogen and oxygen atoms in total. The molecule has 2 aliphatic rings. The van der Waals surface area contributed by atoms with Crippen molar-refractivity contribution in [3.05, 3.63) is 77.1 Å². The number of fused-ring (bicyclic) bond motifs is 3. The Hall–Kier alpha value is -3.43. The Morgan fingerprint density at radius 1 is 1.19 bits per heavy atom. The van der Waals surface area contributed by atoms with E-state index in [1.54, 1.807) is 13.2 Å². The van der Waals surface area contributed by atoms with Crippen molar-refractivity contribution in [2.45, 2.75) is 31.7 Å². The number of aryl methyl sites for hydroxylation is 1. The quantitative estimate of drug-likeness (QED) is 0.507. The number of hydrogen-bond donors (Lipinski definition) is 1. The number of anilines is 2. The minimum absolute atomic E-state index is 0.0192. The summed E-state index contributed by atoms with van der Waals surface area (Å²) in [6.45, 7) is 3.99. The molecular weight excluding hydrogens is 471 g/mol. The van der Waals surface area contributed by atoms with Crippen LogP contribution in [0.1, 0.15) is 39.7 Å². The molecule has 9 heteroatoms. The third kappa shape index (κ3) is 4.68. The molecule has 2 aliphatic heterocycles. The van der Waals surface area contributed by atoms with E-state index in [2.05, 4.69) is 27.3 Å². The molecule has 0 spiro atoms. The highest BCUT2D eigenvalue weighted by Gasteiger charge is 2.35. The minimum Gasteiger partial charge on any atom is -0.377 e. The molecule has 188 valence electrons. The summed E-state index contributed by atoms with van der Waals surface area (Å²) in [6.07, 6.45) is -2.18. The summed E-state index contributed by atoms with van der Waals surface area (Å²) >= 11 is 0. The fourth-order valence-electron chi connectivity index (χ4n) is 4.93. The van der Waals surface area contributed by atoms with E-state index in [0.717, 1.165) is 53.2 Å². The molecule has 36 heavy (non-hydrogen) atoms. The normalized spacial score (nSPS) is 19.4. The van der Waals surface area contributed by atoms with E-state index in [4.69, 9.17) is 9.47 Å². The first-order chi connectivity index (χ1) is 17.2. The third-order valence-electron chi connectivity index (χ3n) is 6.79. The Labute approximate surface area is 207 Å². The molecule has 1 aromatic heterocycles. The van der Waals surface area contributed by atoms with Crippen LogP contribution in [0.2, 0.25) is 0 Å². The van der Waals surface area contributed by atoms with E-state index in [0.29, 0.717) is 18.9 Å². The van der Waals surface area contributed by atoms with Crippen molar-refractivity contribution in [1.82, 2.24) is 4.98 Å². The molecule has 2 aromatic carbocycles. The number of morpholine rings is 1. The highest BCUT2D eigenvalue weighted by molar-refractivity contribution is 6.04. The number of carbonyl (C=O) groups is 1. The number of nitrogens with one attached hydrogen (secondary N) is 1. The Morgan fingerprint density at radius 2 is 2.03 bits per heavy atom. The van der Waals surface area contributed by atoms with E-state index >= 15 is 0 Å². The maximum Gasteiger partial charge on any atom is 0.416 e. The Kier molecular flexibility index (Phi) is 6.44. The summed E-state index contributed by atoms with van der Waals surface area (Å²) in [5, 5.41) is 2.68. The summed E-state index contributed by atoms with van der Waals surface area (Å²) in [5.74, 6) is -0.637. The number of ether oxygens (including phenoxy) is 2. The molecule has 1 fully saturated rings. The zero-order valence-electron chi connectivity index (χ0n) is 19.9. The number of benzene rings is 2. The van der Waals surface area contributed by atoms with Gasteiger partial charge in [0.2, 0.25) is 0 Å². The highest BCUT2D eigenvalue weighted by Crippen LogP contribution is 2.42. The van der Waals surface area contributed by atoms with Crippen molar-refractivity contribution < 1.29 is 27.4 Å². The van der Waals surface area contributed by atoms with Gasteiger partial charge in [-0.15, -0.1) is 0 Å². The van der Waals surface area contributed by atoms with Crippen molar-refractivity contribution >= 4 is 17.3 Å². The molecule has 2 atom stereocenters. The average molecular weight is 498 g/mol.